The zero-order valence-electron chi connectivity index (χ0n) is 28.5. The van der Waals surface area contributed by atoms with E-state index in [1.807, 2.05) is 52.6 Å². The second-order valence-corrected chi connectivity index (χ2v) is 14.8. The van der Waals surface area contributed by atoms with Gasteiger partial charge in [0, 0.05) is 25.2 Å². The molecule has 0 spiro atoms. The minimum atomic E-state index is -0.529. The number of rotatable bonds is 6. The molecule has 6 rings (SSSR count). The number of fused-ring (bicyclic) bond motifs is 1. The van der Waals surface area contributed by atoms with E-state index < -0.39 is 11.2 Å². The first-order valence-corrected chi connectivity index (χ1v) is 16.8. The van der Waals surface area contributed by atoms with Crippen molar-refractivity contribution in [2.45, 2.75) is 103 Å². The van der Waals surface area contributed by atoms with E-state index in [0.29, 0.717) is 13.1 Å². The van der Waals surface area contributed by atoms with E-state index in [9.17, 15) is 9.59 Å². The number of aliphatic imine (C=N–C) groups is 1. The standard InChI is InChI=1S/C38H47N5O4/c1-37(2,3)46-35(44)42-20-8-12-32(42)30-23-28-19-16-26(22-29(28)40-30)11-7-10-25-14-17-27(18-15-25)31-24-39-34(41-31)33-13-9-21-43(33)36(45)47-38(4,5)6/h7,11,14-19,22,24,32-33H,8-10,12-13,20-21,23H2,1-6H3,(H,39,41)/t32-,33-/m0/s1. The molecule has 3 aliphatic rings. The fourth-order valence-corrected chi connectivity index (χ4v) is 6.57. The maximum absolute atomic E-state index is 12.8. The smallest absolute Gasteiger partial charge is 0.410 e. The molecule has 0 aliphatic carbocycles. The molecule has 3 aromatic rings. The Morgan fingerprint density at radius 2 is 1.53 bits per heavy atom. The molecule has 0 bridgehead atoms. The van der Waals surface area contributed by atoms with Crippen LogP contribution in [0, 0.1) is 0 Å². The Balaban J connectivity index is 1.05. The number of nitrogens with zero attached hydrogens (tertiary/aromatic N) is 4. The number of hydrogen-bond donors (Lipinski definition) is 1. The Morgan fingerprint density at radius 3 is 2.19 bits per heavy atom. The van der Waals surface area contributed by atoms with Crippen molar-refractivity contribution in [2.24, 2.45) is 4.99 Å². The van der Waals surface area contributed by atoms with Gasteiger partial charge in [-0.3, -0.25) is 14.8 Å². The van der Waals surface area contributed by atoms with E-state index in [0.717, 1.165) is 72.6 Å². The van der Waals surface area contributed by atoms with Crippen LogP contribution in [0.25, 0.3) is 17.3 Å². The average Bonchev–Trinajstić information content (AvgIpc) is 3.81. The number of amides is 2. The number of allylic oxidation sites excluding steroid dienone is 1. The molecule has 2 atom stereocenters. The number of ether oxygens (including phenoxy) is 2. The van der Waals surface area contributed by atoms with Crippen molar-refractivity contribution in [3.63, 3.8) is 0 Å². The van der Waals surface area contributed by atoms with Crippen LogP contribution >= 0.6 is 0 Å². The second kappa shape index (κ2) is 13.0. The van der Waals surface area contributed by atoms with E-state index in [-0.39, 0.29) is 24.3 Å². The maximum atomic E-state index is 12.8. The number of aromatic nitrogens is 2. The number of hydrogen-bond acceptors (Lipinski definition) is 6. The summed E-state index contributed by atoms with van der Waals surface area (Å²) in [5, 5.41) is 0. The monoisotopic (exact) mass is 637 g/mol. The summed E-state index contributed by atoms with van der Waals surface area (Å²) in [4.78, 5) is 42.3. The van der Waals surface area contributed by atoms with Gasteiger partial charge in [0.15, 0.2) is 0 Å². The molecule has 2 aromatic carbocycles. The molecule has 2 saturated heterocycles. The van der Waals surface area contributed by atoms with Crippen molar-refractivity contribution in [3.05, 3.63) is 77.3 Å². The van der Waals surface area contributed by atoms with Gasteiger partial charge in [-0.2, -0.15) is 0 Å². The van der Waals surface area contributed by atoms with Gasteiger partial charge in [-0.15, -0.1) is 0 Å². The van der Waals surface area contributed by atoms with Crippen LogP contribution in [0.5, 0.6) is 0 Å². The zero-order chi connectivity index (χ0) is 33.3. The van der Waals surface area contributed by atoms with Crippen molar-refractivity contribution >= 4 is 29.7 Å². The fourth-order valence-electron chi connectivity index (χ4n) is 6.57. The molecule has 248 valence electrons. The molecule has 9 nitrogen and oxygen atoms in total. The number of nitrogens with one attached hydrogen (secondary N) is 1. The van der Waals surface area contributed by atoms with E-state index in [1.165, 1.54) is 11.1 Å². The highest BCUT2D eigenvalue weighted by Gasteiger charge is 2.37. The third-order valence-corrected chi connectivity index (χ3v) is 8.73. The van der Waals surface area contributed by atoms with Gasteiger partial charge in [-0.25, -0.2) is 14.6 Å². The van der Waals surface area contributed by atoms with Crippen LogP contribution in [0.2, 0.25) is 0 Å². The highest BCUT2D eigenvalue weighted by atomic mass is 16.6. The van der Waals surface area contributed by atoms with Gasteiger partial charge in [-0.05, 0) is 102 Å². The third-order valence-electron chi connectivity index (χ3n) is 8.73. The maximum Gasteiger partial charge on any atom is 0.410 e. The summed E-state index contributed by atoms with van der Waals surface area (Å²) in [6.07, 6.45) is 10.9. The van der Waals surface area contributed by atoms with Crippen LogP contribution in [0.3, 0.4) is 0 Å². The highest BCUT2D eigenvalue weighted by Crippen LogP contribution is 2.34. The van der Waals surface area contributed by atoms with E-state index in [1.54, 1.807) is 4.90 Å². The van der Waals surface area contributed by atoms with E-state index >= 15 is 0 Å². The minimum absolute atomic E-state index is 0.00203. The number of benzene rings is 2. The Hall–Kier alpha value is -4.40. The highest BCUT2D eigenvalue weighted by molar-refractivity contribution is 5.99. The molecular weight excluding hydrogens is 590 g/mol. The van der Waals surface area contributed by atoms with Gasteiger partial charge in [0.1, 0.15) is 17.0 Å². The number of carbonyl (C=O) groups excluding carboxylic acids is 2. The third kappa shape index (κ3) is 7.77. The normalized spacial score (nSPS) is 19.7. The summed E-state index contributed by atoms with van der Waals surface area (Å²) in [7, 11) is 0. The van der Waals surface area contributed by atoms with Gasteiger partial charge >= 0.3 is 12.2 Å². The van der Waals surface area contributed by atoms with Crippen molar-refractivity contribution in [3.8, 4) is 11.3 Å². The number of carbonyl (C=O) groups is 2. The van der Waals surface area contributed by atoms with Crippen LogP contribution in [0.1, 0.15) is 95.8 Å². The molecule has 2 fully saturated rings. The summed E-state index contributed by atoms with van der Waals surface area (Å²) in [5.41, 5.74) is 6.52. The van der Waals surface area contributed by atoms with E-state index in [2.05, 4.69) is 64.6 Å². The minimum Gasteiger partial charge on any atom is -0.444 e. The number of aromatic amines is 1. The van der Waals surface area contributed by atoms with Crippen LogP contribution in [0.4, 0.5) is 15.3 Å². The first-order chi connectivity index (χ1) is 22.3. The van der Waals surface area contributed by atoms with Gasteiger partial charge in [0.05, 0.1) is 29.7 Å². The molecular formula is C38H47N5O4. The van der Waals surface area contributed by atoms with E-state index in [4.69, 9.17) is 14.5 Å². The zero-order valence-corrected chi connectivity index (χ0v) is 28.5. The lowest BCUT2D eigenvalue weighted by Crippen LogP contribution is -2.43. The van der Waals surface area contributed by atoms with Crippen LogP contribution < -0.4 is 0 Å². The van der Waals surface area contributed by atoms with Gasteiger partial charge in [-0.1, -0.05) is 48.6 Å². The van der Waals surface area contributed by atoms with Crippen molar-refractivity contribution in [1.29, 1.82) is 0 Å². The molecule has 1 aromatic heterocycles. The molecule has 0 saturated carbocycles. The van der Waals surface area contributed by atoms with Gasteiger partial charge in [0.25, 0.3) is 0 Å². The van der Waals surface area contributed by atoms with Crippen molar-refractivity contribution < 1.29 is 19.1 Å². The topological polar surface area (TPSA) is 100 Å². The Bertz CT molecular complexity index is 1670. The molecule has 0 radical (unpaired) electrons. The Morgan fingerprint density at radius 1 is 0.894 bits per heavy atom. The predicted molar refractivity (Wildman–Crippen MR) is 185 cm³/mol. The lowest BCUT2D eigenvalue weighted by Gasteiger charge is -2.28. The summed E-state index contributed by atoms with van der Waals surface area (Å²) < 4.78 is 11.3. The molecule has 3 aliphatic heterocycles. The summed E-state index contributed by atoms with van der Waals surface area (Å²) in [6.45, 7) is 12.8. The van der Waals surface area contributed by atoms with Gasteiger partial charge < -0.3 is 14.5 Å². The molecule has 47 heavy (non-hydrogen) atoms. The number of imidazole rings is 1. The molecule has 0 unspecified atom stereocenters. The molecule has 9 heteroatoms. The van der Waals surface area contributed by atoms with Crippen molar-refractivity contribution in [1.82, 2.24) is 19.8 Å². The lowest BCUT2D eigenvalue weighted by atomic mass is 10.0. The Labute approximate surface area is 278 Å². The molecule has 2 amide bonds. The predicted octanol–water partition coefficient (Wildman–Crippen LogP) is 8.43. The number of H-pyrrole nitrogens is 1. The number of likely N-dealkylation sites (tertiary alicyclic amines) is 2. The Kier molecular flexibility index (Phi) is 9.01. The lowest BCUT2D eigenvalue weighted by molar-refractivity contribution is 0.0216. The molecule has 1 N–H and O–H groups in total. The van der Waals surface area contributed by atoms with Crippen LogP contribution in [0.15, 0.2) is 59.7 Å². The summed E-state index contributed by atoms with van der Waals surface area (Å²) in [6, 6.07) is 14.8. The van der Waals surface area contributed by atoms with Crippen LogP contribution in [-0.4, -0.2) is 68.0 Å². The SMILES string of the molecule is CC(C)(C)OC(=O)N1CCC[C@H]1C1=Nc2cc(C=CCc3ccc(-c4cnc([C@@H]5CCCN5C(=O)OC(C)(C)C)[nH]4)cc3)ccc2C1. The largest absolute Gasteiger partial charge is 0.444 e. The summed E-state index contributed by atoms with van der Waals surface area (Å²) >= 11 is 0. The average molecular weight is 638 g/mol. The molecule has 4 heterocycles. The first kappa shape index (κ1) is 32.5. The van der Waals surface area contributed by atoms with Gasteiger partial charge in [0.2, 0.25) is 0 Å². The van der Waals surface area contributed by atoms with Crippen molar-refractivity contribution in [2.75, 3.05) is 13.1 Å². The quantitative estimate of drug-likeness (QED) is 0.292. The second-order valence-electron chi connectivity index (χ2n) is 14.8. The summed E-state index contributed by atoms with van der Waals surface area (Å²) in [5.74, 6) is 0.796. The fraction of sp³-hybridized carbons (Fsp3) is 0.474. The first-order valence-electron chi connectivity index (χ1n) is 16.8. The van der Waals surface area contributed by atoms with Crippen LogP contribution in [-0.2, 0) is 22.3 Å².